The first-order valence-corrected chi connectivity index (χ1v) is 13.6. The zero-order chi connectivity index (χ0) is 28.5. The fraction of sp³-hybridized carbons (Fsp3) is 0.148. The average Bonchev–Trinajstić information content (AvgIpc) is 2.96. The van der Waals surface area contributed by atoms with Gasteiger partial charge in [-0.2, -0.15) is 10.1 Å². The lowest BCUT2D eigenvalue weighted by Crippen LogP contribution is -2.37. The number of nitrogens with one attached hydrogen (secondary N) is 2. The van der Waals surface area contributed by atoms with E-state index in [2.05, 4.69) is 32.4 Å². The number of nitrogens with two attached hydrogens (primary N) is 1. The van der Waals surface area contributed by atoms with E-state index < -0.39 is 15.7 Å². The number of allylic oxidation sites excluding steroid dienone is 3. The molecule has 0 aliphatic carbocycles. The van der Waals surface area contributed by atoms with Crippen LogP contribution in [0.3, 0.4) is 0 Å². The Morgan fingerprint density at radius 2 is 1.88 bits per heavy atom. The van der Waals surface area contributed by atoms with Crippen LogP contribution in [0.2, 0.25) is 0 Å². The van der Waals surface area contributed by atoms with Crippen molar-refractivity contribution in [2.24, 2.45) is 10.8 Å². The van der Waals surface area contributed by atoms with Crippen LogP contribution < -0.4 is 21.4 Å². The van der Waals surface area contributed by atoms with E-state index >= 15 is 0 Å². The van der Waals surface area contributed by atoms with Gasteiger partial charge in [0, 0.05) is 25.0 Å². The van der Waals surface area contributed by atoms with Gasteiger partial charge < -0.3 is 25.8 Å². The summed E-state index contributed by atoms with van der Waals surface area (Å²) in [5.41, 5.74) is 9.84. The quantitative estimate of drug-likeness (QED) is 0.163. The van der Waals surface area contributed by atoms with Crippen molar-refractivity contribution in [2.75, 3.05) is 41.9 Å². The summed E-state index contributed by atoms with van der Waals surface area (Å²) in [6.45, 7) is 5.94. The van der Waals surface area contributed by atoms with Gasteiger partial charge in [0.2, 0.25) is 15.8 Å². The number of aromatic nitrogens is 2. The molecule has 1 fully saturated rings. The first-order valence-electron chi connectivity index (χ1n) is 12.1. The smallest absolute Gasteiger partial charge is 0.245 e. The largest absolute Gasteiger partial charge is 0.508 e. The first kappa shape index (κ1) is 28.3. The minimum absolute atomic E-state index is 0.0216. The van der Waals surface area contributed by atoms with E-state index in [-0.39, 0.29) is 27.3 Å². The monoisotopic (exact) mass is 565 g/mol. The number of nitrogens with zero attached hydrogens (tertiary/aromatic N) is 4. The Labute approximate surface area is 231 Å². The average molecular weight is 566 g/mol. The van der Waals surface area contributed by atoms with E-state index in [1.807, 2.05) is 0 Å². The maximum absolute atomic E-state index is 14.2. The molecule has 1 aliphatic heterocycles. The molecule has 13 heteroatoms. The van der Waals surface area contributed by atoms with Crippen LogP contribution in [0.1, 0.15) is 0 Å². The van der Waals surface area contributed by atoms with E-state index in [0.29, 0.717) is 43.3 Å². The number of rotatable bonds is 10. The van der Waals surface area contributed by atoms with Crippen LogP contribution in [0.4, 0.5) is 21.8 Å². The van der Waals surface area contributed by atoms with Crippen LogP contribution in [0.15, 0.2) is 106 Å². The van der Waals surface area contributed by atoms with E-state index in [1.165, 1.54) is 48.8 Å². The van der Waals surface area contributed by atoms with Crippen molar-refractivity contribution in [3.05, 3.63) is 96.7 Å². The zero-order valence-corrected chi connectivity index (χ0v) is 22.2. The maximum atomic E-state index is 14.2. The van der Waals surface area contributed by atoms with Gasteiger partial charge in [-0.25, -0.2) is 23.2 Å². The van der Waals surface area contributed by atoms with Gasteiger partial charge in [0.15, 0.2) is 11.6 Å². The summed E-state index contributed by atoms with van der Waals surface area (Å²) in [7, 11) is -3.84. The molecule has 4 rings (SSSR count). The predicted octanol–water partition coefficient (Wildman–Crippen LogP) is 3.41. The second-order valence-corrected chi connectivity index (χ2v) is 10.5. The highest BCUT2D eigenvalue weighted by Gasteiger charge is 2.19. The Morgan fingerprint density at radius 3 is 2.60 bits per heavy atom. The third kappa shape index (κ3) is 7.21. The van der Waals surface area contributed by atoms with Crippen LogP contribution in [0.25, 0.3) is 0 Å². The second-order valence-electron chi connectivity index (χ2n) is 8.52. The summed E-state index contributed by atoms with van der Waals surface area (Å²) in [5.74, 6) is -0.367. The van der Waals surface area contributed by atoms with Gasteiger partial charge >= 0.3 is 0 Å². The fourth-order valence-corrected chi connectivity index (χ4v) is 5.00. The lowest BCUT2D eigenvalue weighted by atomic mass is 10.2. The summed E-state index contributed by atoms with van der Waals surface area (Å²) in [6, 6.07) is 11.7. The lowest BCUT2D eigenvalue weighted by Gasteiger charge is -2.27. The molecule has 1 aliphatic rings. The van der Waals surface area contributed by atoms with Crippen molar-refractivity contribution in [3.8, 4) is 5.75 Å². The van der Waals surface area contributed by atoms with Crippen LogP contribution in [0.5, 0.6) is 5.75 Å². The van der Waals surface area contributed by atoms with Crippen LogP contribution in [-0.4, -0.2) is 56.0 Å². The third-order valence-electron chi connectivity index (χ3n) is 5.65. The number of phenols is 1. The highest BCUT2D eigenvalue weighted by molar-refractivity contribution is 7.91. The number of hydrazone groups is 1. The number of sulfone groups is 1. The minimum Gasteiger partial charge on any atom is -0.508 e. The maximum Gasteiger partial charge on any atom is 0.245 e. The topological polar surface area (TPSA) is 155 Å². The molecule has 11 nitrogen and oxygen atoms in total. The normalized spacial score (nSPS) is 14.5. The molecule has 0 amide bonds. The molecule has 2 heterocycles. The number of phenolic OH excluding ortho intramolecular Hbond substituents is 1. The van der Waals surface area contributed by atoms with Crippen LogP contribution >= 0.6 is 0 Å². The van der Waals surface area contributed by atoms with E-state index in [4.69, 9.17) is 10.5 Å². The molecule has 0 bridgehead atoms. The number of aromatic hydroxyl groups is 1. The molecular formula is C27H28FN7O4S. The summed E-state index contributed by atoms with van der Waals surface area (Å²) < 4.78 is 45.4. The number of halogens is 1. The lowest BCUT2D eigenvalue weighted by molar-refractivity contribution is 0.122. The highest BCUT2D eigenvalue weighted by atomic mass is 32.2. The van der Waals surface area contributed by atoms with Crippen molar-refractivity contribution in [3.63, 3.8) is 0 Å². The van der Waals surface area contributed by atoms with Crippen molar-refractivity contribution in [1.82, 2.24) is 9.97 Å². The number of morpholine rings is 1. The molecule has 1 aromatic heterocycles. The van der Waals surface area contributed by atoms with Gasteiger partial charge in [0.05, 0.1) is 41.1 Å². The molecule has 2 aromatic carbocycles. The molecule has 0 saturated carbocycles. The van der Waals surface area contributed by atoms with Crippen LogP contribution in [0, 0.1) is 5.82 Å². The van der Waals surface area contributed by atoms with Crippen molar-refractivity contribution < 1.29 is 22.7 Å². The molecule has 40 heavy (non-hydrogen) atoms. The molecule has 0 atom stereocenters. The Hall–Kier alpha value is -4.75. The van der Waals surface area contributed by atoms with Gasteiger partial charge in [0.1, 0.15) is 5.75 Å². The van der Waals surface area contributed by atoms with Crippen molar-refractivity contribution in [2.45, 2.75) is 9.79 Å². The molecule has 0 unspecified atom stereocenters. The summed E-state index contributed by atoms with van der Waals surface area (Å²) in [6.07, 6.45) is 7.09. The molecule has 1 saturated heterocycles. The predicted molar refractivity (Wildman–Crippen MR) is 151 cm³/mol. The first-order chi connectivity index (χ1) is 19.3. The van der Waals surface area contributed by atoms with Gasteiger partial charge in [-0.05, 0) is 48.0 Å². The standard InChI is InChI=1S/C27H28FN7O4S/c1-19(17-31-34-27-30-18-25(28)26(33-27)35-10-12-39-13-11-35)8-9-21(16-29)32-20-4-2-6-23(14-20)40(37,38)24-7-3-5-22(36)15-24/h2-9,14-18,32,36H,1,10-13,29H2,(H,30,33,34)/b9-8-,21-16+,31-17+. The van der Waals surface area contributed by atoms with E-state index in [0.717, 1.165) is 6.20 Å². The number of hydrogen-bond donors (Lipinski definition) is 4. The second kappa shape index (κ2) is 12.9. The molecule has 208 valence electrons. The molecule has 5 N–H and O–H groups in total. The minimum atomic E-state index is -3.84. The SMILES string of the molecule is C=C(/C=C\C(=C/N)Nc1cccc(S(=O)(=O)c2cccc(O)c2)c1)/C=N/Nc1ncc(F)c(N2CCOCC2)n1. The van der Waals surface area contributed by atoms with E-state index in [1.54, 1.807) is 29.2 Å². The molecule has 0 spiro atoms. The van der Waals surface area contributed by atoms with Gasteiger partial charge in [-0.3, -0.25) is 0 Å². The Balaban J connectivity index is 1.37. The number of benzene rings is 2. The van der Waals surface area contributed by atoms with E-state index in [9.17, 15) is 17.9 Å². The molecule has 3 aromatic rings. The Bertz CT molecular complexity index is 1570. The van der Waals surface area contributed by atoms with Gasteiger partial charge in [-0.15, -0.1) is 0 Å². The summed E-state index contributed by atoms with van der Waals surface area (Å²) >= 11 is 0. The number of hydrogen-bond acceptors (Lipinski definition) is 11. The van der Waals surface area contributed by atoms with Crippen LogP contribution in [-0.2, 0) is 14.6 Å². The van der Waals surface area contributed by atoms with Gasteiger partial charge in [-0.1, -0.05) is 24.8 Å². The molecule has 0 radical (unpaired) electrons. The Morgan fingerprint density at radius 1 is 1.15 bits per heavy atom. The highest BCUT2D eigenvalue weighted by Crippen LogP contribution is 2.26. The summed E-state index contributed by atoms with van der Waals surface area (Å²) in [4.78, 5) is 9.91. The fourth-order valence-electron chi connectivity index (χ4n) is 3.66. The third-order valence-corrected chi connectivity index (χ3v) is 7.40. The summed E-state index contributed by atoms with van der Waals surface area (Å²) in [5, 5.41) is 16.8. The van der Waals surface area contributed by atoms with Crippen molar-refractivity contribution >= 4 is 33.5 Å². The van der Waals surface area contributed by atoms with Gasteiger partial charge in [0.25, 0.3) is 0 Å². The number of anilines is 3. The van der Waals surface area contributed by atoms with Crippen molar-refractivity contribution in [1.29, 1.82) is 0 Å². The number of ether oxygens (including phenoxy) is 1. The molecular weight excluding hydrogens is 537 g/mol. The zero-order valence-electron chi connectivity index (χ0n) is 21.4. The Kier molecular flexibility index (Phi) is 9.09.